The van der Waals surface area contributed by atoms with Crippen LogP contribution >= 0.6 is 11.6 Å². The van der Waals surface area contributed by atoms with Crippen molar-refractivity contribution in [3.63, 3.8) is 0 Å². The first-order chi connectivity index (χ1) is 16.8. The van der Waals surface area contributed by atoms with Gasteiger partial charge in [-0.15, -0.1) is 0 Å². The summed E-state index contributed by atoms with van der Waals surface area (Å²) in [5.74, 6) is -0.276. The van der Waals surface area contributed by atoms with Crippen molar-refractivity contribution in [2.24, 2.45) is 5.92 Å². The fourth-order valence-corrected chi connectivity index (χ4v) is 3.95. The number of nitrogens with zero attached hydrogens (tertiary/aromatic N) is 1. The van der Waals surface area contributed by atoms with Gasteiger partial charge in [-0.1, -0.05) is 80.0 Å². The highest BCUT2D eigenvalue weighted by Crippen LogP contribution is 2.18. The zero-order valence-corrected chi connectivity index (χ0v) is 21.0. The summed E-state index contributed by atoms with van der Waals surface area (Å²) in [5.41, 5.74) is 2.52. The second-order valence-corrected chi connectivity index (χ2v) is 9.57. The summed E-state index contributed by atoms with van der Waals surface area (Å²) in [6, 6.07) is 22.1. The molecule has 2 amide bonds. The fourth-order valence-electron chi connectivity index (χ4n) is 3.82. The minimum absolute atomic E-state index is 0.128. The van der Waals surface area contributed by atoms with Crippen molar-refractivity contribution in [3.8, 4) is 0 Å². The van der Waals surface area contributed by atoms with E-state index in [9.17, 15) is 14.0 Å². The molecule has 0 saturated carbocycles. The molecule has 0 saturated heterocycles. The molecular weight excluding hydrogens is 463 g/mol. The van der Waals surface area contributed by atoms with Gasteiger partial charge in [-0.25, -0.2) is 4.39 Å². The Balaban J connectivity index is 1.91. The molecule has 0 aromatic heterocycles. The molecule has 1 atom stereocenters. The van der Waals surface area contributed by atoms with Crippen LogP contribution in [0.5, 0.6) is 0 Å². The molecule has 0 aliphatic carbocycles. The second-order valence-electron chi connectivity index (χ2n) is 9.13. The maximum Gasteiger partial charge on any atom is 0.243 e. The predicted molar refractivity (Wildman–Crippen MR) is 139 cm³/mol. The summed E-state index contributed by atoms with van der Waals surface area (Å²) in [6.07, 6.45) is 1.35. The van der Waals surface area contributed by atoms with Gasteiger partial charge in [-0.05, 0) is 53.3 Å². The summed E-state index contributed by atoms with van der Waals surface area (Å²) < 4.78 is 13.5. The van der Waals surface area contributed by atoms with Gasteiger partial charge in [-0.3, -0.25) is 9.59 Å². The van der Waals surface area contributed by atoms with Crippen LogP contribution in [-0.4, -0.2) is 29.3 Å². The van der Waals surface area contributed by atoms with Crippen LogP contribution in [-0.2, 0) is 29.0 Å². The van der Waals surface area contributed by atoms with Gasteiger partial charge in [0, 0.05) is 24.5 Å². The number of amides is 2. The minimum atomic E-state index is -0.714. The molecular formula is C29H32ClFN2O2. The summed E-state index contributed by atoms with van der Waals surface area (Å²) in [4.78, 5) is 28.7. The van der Waals surface area contributed by atoms with Crippen LogP contribution in [0.25, 0.3) is 0 Å². The van der Waals surface area contributed by atoms with Crippen LogP contribution in [0.1, 0.15) is 37.0 Å². The molecule has 0 aliphatic rings. The van der Waals surface area contributed by atoms with E-state index in [0.717, 1.165) is 23.1 Å². The van der Waals surface area contributed by atoms with Crippen LogP contribution in [0.2, 0.25) is 5.02 Å². The van der Waals surface area contributed by atoms with Gasteiger partial charge in [0.05, 0.1) is 6.42 Å². The highest BCUT2D eigenvalue weighted by atomic mass is 35.5. The Hall–Kier alpha value is -3.18. The lowest BCUT2D eigenvalue weighted by atomic mass is 10.0. The van der Waals surface area contributed by atoms with Gasteiger partial charge in [0.15, 0.2) is 0 Å². The van der Waals surface area contributed by atoms with Gasteiger partial charge in [0.2, 0.25) is 11.8 Å². The molecule has 0 bridgehead atoms. The van der Waals surface area contributed by atoms with Crippen LogP contribution in [0, 0.1) is 11.7 Å². The van der Waals surface area contributed by atoms with Crippen molar-refractivity contribution in [2.75, 3.05) is 6.54 Å². The first-order valence-corrected chi connectivity index (χ1v) is 12.3. The lowest BCUT2D eigenvalue weighted by molar-refractivity contribution is -0.140. The first kappa shape index (κ1) is 26.4. The predicted octanol–water partition coefficient (Wildman–Crippen LogP) is 5.82. The molecule has 6 heteroatoms. The summed E-state index contributed by atoms with van der Waals surface area (Å²) >= 11 is 6.00. The lowest BCUT2D eigenvalue weighted by Gasteiger charge is -2.32. The van der Waals surface area contributed by atoms with Crippen LogP contribution in [0.3, 0.4) is 0 Å². The molecule has 0 aliphatic heterocycles. The molecule has 184 valence electrons. The topological polar surface area (TPSA) is 49.4 Å². The van der Waals surface area contributed by atoms with Gasteiger partial charge in [0.25, 0.3) is 0 Å². The van der Waals surface area contributed by atoms with Crippen molar-refractivity contribution >= 4 is 23.4 Å². The van der Waals surface area contributed by atoms with Gasteiger partial charge in [0.1, 0.15) is 11.9 Å². The smallest absolute Gasteiger partial charge is 0.243 e. The normalized spacial score (nSPS) is 11.8. The molecule has 3 aromatic rings. The van der Waals surface area contributed by atoms with Crippen LogP contribution in [0.15, 0.2) is 78.9 Å². The fraction of sp³-hybridized carbons (Fsp3) is 0.310. The zero-order chi connectivity index (χ0) is 25.2. The Kier molecular flexibility index (Phi) is 9.86. The first-order valence-electron chi connectivity index (χ1n) is 11.9. The Bertz CT molecular complexity index is 1090. The quantitative estimate of drug-likeness (QED) is 0.365. The third kappa shape index (κ3) is 8.52. The van der Waals surface area contributed by atoms with E-state index in [0.29, 0.717) is 23.9 Å². The van der Waals surface area contributed by atoms with Crippen molar-refractivity contribution < 1.29 is 14.0 Å². The number of benzene rings is 3. The highest BCUT2D eigenvalue weighted by Gasteiger charge is 2.30. The number of carbonyl (C=O) groups excluding carboxylic acids is 2. The number of hydrogen-bond donors (Lipinski definition) is 1. The lowest BCUT2D eigenvalue weighted by Crippen LogP contribution is -2.51. The molecule has 0 heterocycles. The molecule has 4 nitrogen and oxygen atoms in total. The van der Waals surface area contributed by atoms with E-state index in [1.54, 1.807) is 29.2 Å². The molecule has 35 heavy (non-hydrogen) atoms. The molecule has 0 fully saturated rings. The maximum absolute atomic E-state index is 13.6. The zero-order valence-electron chi connectivity index (χ0n) is 20.2. The summed E-state index contributed by atoms with van der Waals surface area (Å²) in [6.45, 7) is 4.94. The largest absolute Gasteiger partial charge is 0.354 e. The van der Waals surface area contributed by atoms with Gasteiger partial charge in [-0.2, -0.15) is 0 Å². The van der Waals surface area contributed by atoms with Gasteiger partial charge >= 0.3 is 0 Å². The molecule has 0 radical (unpaired) electrons. The molecule has 1 N–H and O–H groups in total. The molecule has 3 rings (SSSR count). The average Bonchev–Trinajstić information content (AvgIpc) is 2.84. The minimum Gasteiger partial charge on any atom is -0.354 e. The SMILES string of the molecule is CC(C)CCNC(=O)[C@@H](Cc1ccccc1)N(Cc1ccc(F)cc1)C(=O)Cc1ccc(Cl)cc1. The molecule has 0 unspecified atom stereocenters. The van der Waals surface area contributed by atoms with Gasteiger partial charge < -0.3 is 10.2 Å². The number of rotatable bonds is 11. The van der Waals surface area contributed by atoms with E-state index < -0.39 is 6.04 Å². The van der Waals surface area contributed by atoms with E-state index in [2.05, 4.69) is 19.2 Å². The highest BCUT2D eigenvalue weighted by molar-refractivity contribution is 6.30. The van der Waals surface area contributed by atoms with Crippen LogP contribution in [0.4, 0.5) is 4.39 Å². The van der Waals surface area contributed by atoms with E-state index in [4.69, 9.17) is 11.6 Å². The average molecular weight is 495 g/mol. The van der Waals surface area contributed by atoms with Crippen LogP contribution < -0.4 is 5.32 Å². The summed E-state index contributed by atoms with van der Waals surface area (Å²) in [7, 11) is 0. The van der Waals surface area contributed by atoms with Crippen molar-refractivity contribution in [2.45, 2.75) is 45.7 Å². The monoisotopic (exact) mass is 494 g/mol. The third-order valence-corrected chi connectivity index (χ3v) is 6.08. The van der Waals surface area contributed by atoms with Crippen molar-refractivity contribution in [1.29, 1.82) is 0 Å². The summed E-state index contributed by atoms with van der Waals surface area (Å²) in [5, 5.41) is 3.62. The Morgan fingerprint density at radius 3 is 2.14 bits per heavy atom. The van der Waals surface area contributed by atoms with Crippen molar-refractivity contribution in [3.05, 3.63) is 106 Å². The number of halogens is 2. The Morgan fingerprint density at radius 2 is 1.51 bits per heavy atom. The maximum atomic E-state index is 13.6. The molecule has 3 aromatic carbocycles. The number of hydrogen-bond acceptors (Lipinski definition) is 2. The number of nitrogens with one attached hydrogen (secondary N) is 1. The van der Waals surface area contributed by atoms with E-state index in [1.165, 1.54) is 12.1 Å². The van der Waals surface area contributed by atoms with E-state index >= 15 is 0 Å². The standard InChI is InChI=1S/C29H32ClFN2O2/c1-21(2)16-17-32-29(35)27(18-22-6-4-3-5-7-22)33(20-24-10-14-26(31)15-11-24)28(34)19-23-8-12-25(30)13-9-23/h3-15,21,27H,16-20H2,1-2H3,(H,32,35)/t27-/m1/s1. The van der Waals surface area contributed by atoms with Crippen molar-refractivity contribution in [1.82, 2.24) is 10.2 Å². The van der Waals surface area contributed by atoms with E-state index in [1.807, 2.05) is 42.5 Å². The Labute approximate surface area is 212 Å². The number of carbonyl (C=O) groups is 2. The second kappa shape index (κ2) is 13.1. The Morgan fingerprint density at radius 1 is 0.886 bits per heavy atom. The third-order valence-electron chi connectivity index (χ3n) is 5.83. The molecule has 0 spiro atoms. The van der Waals surface area contributed by atoms with E-state index in [-0.39, 0.29) is 30.6 Å².